The Morgan fingerprint density at radius 1 is 0.950 bits per heavy atom. The SMILES string of the molecule is COc1ccc(NC(=O)COc2ccccc2C2c3sc(=O)[nH]c3SC3C(=O)N(c4ccccc4)C(=O)C32)cc1. The molecule has 3 aromatic carbocycles. The molecule has 3 amide bonds. The number of hydrogen-bond donors (Lipinski definition) is 2. The van der Waals surface area contributed by atoms with Gasteiger partial charge in [0.2, 0.25) is 11.8 Å². The Bertz CT molecular complexity index is 1650. The molecule has 0 bridgehead atoms. The van der Waals surface area contributed by atoms with Crippen LogP contribution in [0.2, 0.25) is 0 Å². The van der Waals surface area contributed by atoms with Gasteiger partial charge in [-0.05, 0) is 42.5 Å². The van der Waals surface area contributed by atoms with E-state index in [2.05, 4.69) is 10.3 Å². The predicted molar refractivity (Wildman–Crippen MR) is 152 cm³/mol. The lowest BCUT2D eigenvalue weighted by atomic mass is 9.82. The van der Waals surface area contributed by atoms with Crippen LogP contribution in [-0.4, -0.2) is 41.7 Å². The van der Waals surface area contributed by atoms with Crippen molar-refractivity contribution < 1.29 is 23.9 Å². The Morgan fingerprint density at radius 3 is 2.42 bits per heavy atom. The number of benzene rings is 3. The topological polar surface area (TPSA) is 118 Å². The summed E-state index contributed by atoms with van der Waals surface area (Å²) >= 11 is 2.24. The molecule has 3 atom stereocenters. The third kappa shape index (κ3) is 4.67. The molecule has 11 heteroatoms. The lowest BCUT2D eigenvalue weighted by Gasteiger charge is -2.30. The summed E-state index contributed by atoms with van der Waals surface area (Å²) in [4.78, 5) is 57.0. The summed E-state index contributed by atoms with van der Waals surface area (Å²) in [5, 5.41) is 2.64. The van der Waals surface area contributed by atoms with Crippen LogP contribution in [0.3, 0.4) is 0 Å². The number of nitrogens with zero attached hydrogens (tertiary/aromatic N) is 1. The molecule has 1 aromatic heterocycles. The largest absolute Gasteiger partial charge is 0.497 e. The number of aromatic nitrogens is 1. The van der Waals surface area contributed by atoms with Gasteiger partial charge in [-0.1, -0.05) is 59.5 Å². The van der Waals surface area contributed by atoms with Crippen LogP contribution in [0.4, 0.5) is 11.4 Å². The summed E-state index contributed by atoms with van der Waals surface area (Å²) in [6.07, 6.45) is 0. The van der Waals surface area contributed by atoms with Crippen molar-refractivity contribution in [3.63, 3.8) is 0 Å². The second-order valence-corrected chi connectivity index (χ2v) is 11.4. The Labute approximate surface area is 237 Å². The molecule has 3 heterocycles. The summed E-state index contributed by atoms with van der Waals surface area (Å²) < 4.78 is 11.1. The highest BCUT2D eigenvalue weighted by Gasteiger charge is 2.56. The van der Waals surface area contributed by atoms with Crippen molar-refractivity contribution in [1.82, 2.24) is 4.98 Å². The summed E-state index contributed by atoms with van der Waals surface area (Å²) in [7, 11) is 1.56. The number of hydrogen-bond acceptors (Lipinski definition) is 8. The minimum atomic E-state index is -0.755. The van der Waals surface area contributed by atoms with Crippen LogP contribution in [0.1, 0.15) is 16.4 Å². The minimum absolute atomic E-state index is 0.264. The van der Waals surface area contributed by atoms with Gasteiger partial charge >= 0.3 is 4.87 Å². The van der Waals surface area contributed by atoms with E-state index >= 15 is 0 Å². The first-order valence-electron chi connectivity index (χ1n) is 12.4. The van der Waals surface area contributed by atoms with E-state index in [1.807, 2.05) is 18.2 Å². The molecule has 9 nitrogen and oxygen atoms in total. The Kier molecular flexibility index (Phi) is 6.91. The molecule has 6 rings (SSSR count). The van der Waals surface area contributed by atoms with E-state index in [0.717, 1.165) is 11.3 Å². The van der Waals surface area contributed by atoms with Crippen LogP contribution in [-0.2, 0) is 14.4 Å². The fraction of sp³-hybridized carbons (Fsp3) is 0.172. The second kappa shape index (κ2) is 10.7. The van der Waals surface area contributed by atoms with Crippen molar-refractivity contribution in [2.75, 3.05) is 23.9 Å². The van der Waals surface area contributed by atoms with Gasteiger partial charge in [0.15, 0.2) is 6.61 Å². The molecule has 2 N–H and O–H groups in total. The first-order chi connectivity index (χ1) is 19.4. The molecule has 4 aromatic rings. The van der Waals surface area contributed by atoms with E-state index in [-0.39, 0.29) is 29.2 Å². The number of carbonyl (C=O) groups excluding carboxylic acids is 3. The third-order valence-corrected chi connectivity index (χ3v) is 9.23. The van der Waals surface area contributed by atoms with Gasteiger partial charge in [-0.2, -0.15) is 0 Å². The molecule has 2 aliphatic rings. The number of amides is 3. The van der Waals surface area contributed by atoms with Gasteiger partial charge < -0.3 is 19.8 Å². The number of carbonyl (C=O) groups is 3. The van der Waals surface area contributed by atoms with E-state index in [0.29, 0.717) is 38.3 Å². The number of rotatable bonds is 7. The number of aromatic amines is 1. The van der Waals surface area contributed by atoms with Crippen molar-refractivity contribution in [3.05, 3.63) is 99.0 Å². The first-order valence-corrected chi connectivity index (χ1v) is 14.1. The van der Waals surface area contributed by atoms with Crippen molar-refractivity contribution in [3.8, 4) is 11.5 Å². The van der Waals surface area contributed by atoms with Crippen molar-refractivity contribution in [2.45, 2.75) is 16.2 Å². The van der Waals surface area contributed by atoms with Gasteiger partial charge in [0.05, 0.1) is 23.7 Å². The zero-order chi connectivity index (χ0) is 27.8. The standard InChI is InChI=1S/C29H23N3O6S2/c1-37-18-13-11-16(12-14-18)30-21(33)15-38-20-10-6-5-9-19(20)22-23-25(39-26-24(22)40-29(36)31-26)28(35)32(27(23)34)17-7-3-2-4-8-17/h2-14,22-23,25H,15H2,1H3,(H,30,33)(H,31,36). The normalized spacial score (nSPS) is 19.6. The molecule has 0 aliphatic carbocycles. The number of H-pyrrole nitrogens is 1. The number of thioether (sulfide) groups is 1. The molecular formula is C29H23N3O6S2. The molecule has 1 saturated heterocycles. The molecule has 0 radical (unpaired) electrons. The number of methoxy groups -OCH3 is 1. The molecule has 0 spiro atoms. The fourth-order valence-corrected chi connectivity index (χ4v) is 7.57. The lowest BCUT2D eigenvalue weighted by Crippen LogP contribution is -2.32. The van der Waals surface area contributed by atoms with Crippen LogP contribution in [0.25, 0.3) is 0 Å². The monoisotopic (exact) mass is 573 g/mol. The first kappa shape index (κ1) is 25.9. The molecule has 2 aliphatic heterocycles. The van der Waals surface area contributed by atoms with Gasteiger partial charge in [-0.25, -0.2) is 4.90 Å². The van der Waals surface area contributed by atoms with Crippen LogP contribution < -0.4 is 24.6 Å². The maximum Gasteiger partial charge on any atom is 0.305 e. The number of ether oxygens (including phenoxy) is 2. The predicted octanol–water partition coefficient (Wildman–Crippen LogP) is 4.26. The molecule has 3 unspecified atom stereocenters. The Morgan fingerprint density at radius 2 is 1.68 bits per heavy atom. The summed E-state index contributed by atoms with van der Waals surface area (Å²) in [6.45, 7) is -0.280. The summed E-state index contributed by atoms with van der Waals surface area (Å²) in [5.41, 5.74) is 1.72. The Balaban J connectivity index is 1.31. The van der Waals surface area contributed by atoms with Gasteiger partial charge in [-0.3, -0.25) is 19.2 Å². The third-order valence-electron chi connectivity index (χ3n) is 6.82. The number of fused-ring (bicyclic) bond motifs is 2. The van der Waals surface area contributed by atoms with E-state index in [4.69, 9.17) is 9.47 Å². The molecule has 202 valence electrons. The zero-order valence-electron chi connectivity index (χ0n) is 21.2. The second-order valence-electron chi connectivity index (χ2n) is 9.20. The van der Waals surface area contributed by atoms with Crippen LogP contribution in [0.5, 0.6) is 11.5 Å². The van der Waals surface area contributed by atoms with E-state index in [1.54, 1.807) is 67.8 Å². The van der Waals surface area contributed by atoms with Crippen molar-refractivity contribution in [2.24, 2.45) is 5.92 Å². The lowest BCUT2D eigenvalue weighted by molar-refractivity contribution is -0.122. The highest BCUT2D eigenvalue weighted by molar-refractivity contribution is 8.00. The van der Waals surface area contributed by atoms with E-state index in [9.17, 15) is 19.2 Å². The van der Waals surface area contributed by atoms with Crippen molar-refractivity contribution >= 4 is 52.2 Å². The molecule has 0 saturated carbocycles. The highest BCUT2D eigenvalue weighted by Crippen LogP contribution is 2.54. The number of thiazole rings is 1. The number of imide groups is 1. The quantitative estimate of drug-likeness (QED) is 0.317. The van der Waals surface area contributed by atoms with Crippen LogP contribution in [0, 0.1) is 5.92 Å². The van der Waals surface area contributed by atoms with E-state index in [1.165, 1.54) is 16.7 Å². The average Bonchev–Trinajstić information content (AvgIpc) is 3.47. The fourth-order valence-electron chi connectivity index (χ4n) is 5.07. The van der Waals surface area contributed by atoms with Gasteiger partial charge in [0.25, 0.3) is 5.91 Å². The Hall–Kier alpha value is -4.35. The molecular weight excluding hydrogens is 550 g/mol. The van der Waals surface area contributed by atoms with Gasteiger partial charge in [-0.15, -0.1) is 0 Å². The maximum absolute atomic E-state index is 13.9. The smallest absolute Gasteiger partial charge is 0.305 e. The minimum Gasteiger partial charge on any atom is -0.497 e. The van der Waals surface area contributed by atoms with Crippen molar-refractivity contribution in [1.29, 1.82) is 0 Å². The average molecular weight is 574 g/mol. The summed E-state index contributed by atoms with van der Waals surface area (Å²) in [5.74, 6) is -1.34. The highest BCUT2D eigenvalue weighted by atomic mass is 32.2. The van der Waals surface area contributed by atoms with Crippen LogP contribution in [0.15, 0.2) is 88.7 Å². The van der Waals surface area contributed by atoms with E-state index < -0.39 is 17.1 Å². The van der Waals surface area contributed by atoms with Gasteiger partial charge in [0.1, 0.15) is 16.7 Å². The number of para-hydroxylation sites is 2. The number of nitrogens with one attached hydrogen (secondary N) is 2. The van der Waals surface area contributed by atoms with Crippen LogP contribution >= 0.6 is 23.1 Å². The maximum atomic E-state index is 13.9. The van der Waals surface area contributed by atoms with Gasteiger partial charge in [0, 0.05) is 22.0 Å². The zero-order valence-corrected chi connectivity index (χ0v) is 22.8. The molecule has 40 heavy (non-hydrogen) atoms. The molecule has 1 fully saturated rings. The number of anilines is 2. The summed E-state index contributed by atoms with van der Waals surface area (Å²) in [6, 6.07) is 22.9.